The summed E-state index contributed by atoms with van der Waals surface area (Å²) < 4.78 is 0. The Kier molecular flexibility index (Phi) is 3.47. The Balaban J connectivity index is 2.05. The highest BCUT2D eigenvalue weighted by Gasteiger charge is 2.01. The second-order valence-corrected chi connectivity index (χ2v) is 4.67. The maximum atomic E-state index is 5.94. The molecule has 0 fully saturated rings. The molecule has 0 aliphatic heterocycles. The van der Waals surface area contributed by atoms with E-state index in [1.54, 1.807) is 11.8 Å². The average molecular weight is 230 g/mol. The van der Waals surface area contributed by atoms with Crippen LogP contribution >= 0.6 is 11.8 Å². The minimum atomic E-state index is 0.848. The number of anilines is 1. The van der Waals surface area contributed by atoms with Gasteiger partial charge >= 0.3 is 0 Å². The van der Waals surface area contributed by atoms with Crippen molar-refractivity contribution >= 4 is 17.4 Å². The van der Waals surface area contributed by atoms with Crippen LogP contribution in [-0.4, -0.2) is 4.98 Å². The van der Waals surface area contributed by atoms with E-state index in [4.69, 9.17) is 5.73 Å². The van der Waals surface area contributed by atoms with Crippen LogP contribution in [0.5, 0.6) is 0 Å². The number of thioether (sulfide) groups is 1. The van der Waals surface area contributed by atoms with Crippen LogP contribution in [0.1, 0.15) is 11.3 Å². The second-order valence-electron chi connectivity index (χ2n) is 3.65. The highest BCUT2D eigenvalue weighted by atomic mass is 32.2. The van der Waals surface area contributed by atoms with Gasteiger partial charge in [0, 0.05) is 22.5 Å². The Bertz CT molecular complexity index is 469. The Morgan fingerprint density at radius 1 is 1.25 bits per heavy atom. The largest absolute Gasteiger partial charge is 0.398 e. The van der Waals surface area contributed by atoms with Gasteiger partial charge < -0.3 is 5.73 Å². The molecular weight excluding hydrogens is 216 g/mol. The highest BCUT2D eigenvalue weighted by molar-refractivity contribution is 7.98. The average Bonchev–Trinajstić information content (AvgIpc) is 2.29. The van der Waals surface area contributed by atoms with Crippen molar-refractivity contribution in [2.45, 2.75) is 17.6 Å². The van der Waals surface area contributed by atoms with E-state index in [0.29, 0.717) is 0 Å². The normalized spacial score (nSPS) is 10.3. The molecule has 0 aliphatic rings. The molecule has 2 rings (SSSR count). The molecular formula is C13H14N2S. The molecule has 0 bridgehead atoms. The van der Waals surface area contributed by atoms with Crippen LogP contribution in [0, 0.1) is 6.92 Å². The Hall–Kier alpha value is -1.48. The van der Waals surface area contributed by atoms with Gasteiger partial charge in [-0.25, -0.2) is 0 Å². The number of pyridine rings is 1. The number of aromatic nitrogens is 1. The van der Waals surface area contributed by atoms with Crippen molar-refractivity contribution in [1.29, 1.82) is 0 Å². The van der Waals surface area contributed by atoms with Crippen LogP contribution in [0.4, 0.5) is 5.69 Å². The standard InChI is InChI=1S/C13H14N2S/c1-10-5-6-13(12(14)8-10)16-9-11-4-2-3-7-15-11/h2-8H,9,14H2,1H3. The molecule has 3 heteroatoms. The molecule has 1 aromatic heterocycles. The molecule has 2 N–H and O–H groups in total. The van der Waals surface area contributed by atoms with E-state index in [2.05, 4.69) is 17.1 Å². The fourth-order valence-corrected chi connectivity index (χ4v) is 2.30. The molecule has 0 saturated carbocycles. The predicted octanol–water partition coefficient (Wildman–Crippen LogP) is 3.26. The van der Waals surface area contributed by atoms with E-state index in [1.807, 2.05) is 37.4 Å². The number of benzene rings is 1. The Morgan fingerprint density at radius 2 is 2.12 bits per heavy atom. The Morgan fingerprint density at radius 3 is 2.81 bits per heavy atom. The zero-order valence-electron chi connectivity index (χ0n) is 9.18. The van der Waals surface area contributed by atoms with Crippen LogP contribution in [0.2, 0.25) is 0 Å². The minimum Gasteiger partial charge on any atom is -0.398 e. The first-order chi connectivity index (χ1) is 7.75. The van der Waals surface area contributed by atoms with Gasteiger partial charge in [0.05, 0.1) is 5.69 Å². The van der Waals surface area contributed by atoms with E-state index < -0.39 is 0 Å². The molecule has 16 heavy (non-hydrogen) atoms. The summed E-state index contributed by atoms with van der Waals surface area (Å²) in [6, 6.07) is 12.1. The fourth-order valence-electron chi connectivity index (χ4n) is 1.43. The van der Waals surface area contributed by atoms with Gasteiger partial charge in [0.2, 0.25) is 0 Å². The number of hydrogen-bond acceptors (Lipinski definition) is 3. The monoisotopic (exact) mass is 230 g/mol. The molecule has 2 aromatic rings. The third-order valence-electron chi connectivity index (χ3n) is 2.27. The predicted molar refractivity (Wildman–Crippen MR) is 69.4 cm³/mol. The van der Waals surface area contributed by atoms with E-state index in [9.17, 15) is 0 Å². The number of aryl methyl sites for hydroxylation is 1. The SMILES string of the molecule is Cc1ccc(SCc2ccccn2)c(N)c1. The van der Waals surface area contributed by atoms with Crippen LogP contribution in [0.3, 0.4) is 0 Å². The van der Waals surface area contributed by atoms with Gasteiger partial charge in [-0.1, -0.05) is 12.1 Å². The number of rotatable bonds is 3. The first-order valence-electron chi connectivity index (χ1n) is 5.14. The summed E-state index contributed by atoms with van der Waals surface area (Å²) in [6.45, 7) is 2.05. The van der Waals surface area contributed by atoms with E-state index >= 15 is 0 Å². The van der Waals surface area contributed by atoms with Gasteiger partial charge in [0.1, 0.15) is 0 Å². The number of hydrogen-bond donors (Lipinski definition) is 1. The van der Waals surface area contributed by atoms with Crippen LogP contribution < -0.4 is 5.73 Å². The van der Waals surface area contributed by atoms with Crippen molar-refractivity contribution in [2.75, 3.05) is 5.73 Å². The van der Waals surface area contributed by atoms with Crippen molar-refractivity contribution in [3.63, 3.8) is 0 Å². The van der Waals surface area contributed by atoms with E-state index in [1.165, 1.54) is 5.56 Å². The quantitative estimate of drug-likeness (QED) is 0.649. The molecule has 1 heterocycles. The molecule has 0 saturated heterocycles. The highest BCUT2D eigenvalue weighted by Crippen LogP contribution is 2.28. The zero-order valence-corrected chi connectivity index (χ0v) is 10.00. The molecule has 1 aromatic carbocycles. The summed E-state index contributed by atoms with van der Waals surface area (Å²) in [7, 11) is 0. The summed E-state index contributed by atoms with van der Waals surface area (Å²) in [5.74, 6) is 0.855. The number of nitrogens with zero attached hydrogens (tertiary/aromatic N) is 1. The maximum Gasteiger partial charge on any atom is 0.0506 e. The molecule has 0 spiro atoms. The minimum absolute atomic E-state index is 0.848. The Labute approximate surface area is 99.9 Å². The fraction of sp³-hybridized carbons (Fsp3) is 0.154. The number of nitrogen functional groups attached to an aromatic ring is 1. The summed E-state index contributed by atoms with van der Waals surface area (Å²) in [5, 5.41) is 0. The van der Waals surface area contributed by atoms with Crippen LogP contribution in [-0.2, 0) is 5.75 Å². The van der Waals surface area contributed by atoms with Gasteiger partial charge in [-0.2, -0.15) is 0 Å². The molecule has 82 valence electrons. The van der Waals surface area contributed by atoms with Crippen molar-refractivity contribution < 1.29 is 0 Å². The molecule has 0 atom stereocenters. The topological polar surface area (TPSA) is 38.9 Å². The molecule has 0 amide bonds. The third-order valence-corrected chi connectivity index (χ3v) is 3.39. The van der Waals surface area contributed by atoms with Crippen LogP contribution in [0.25, 0.3) is 0 Å². The smallest absolute Gasteiger partial charge is 0.0506 e. The molecule has 0 radical (unpaired) electrons. The first-order valence-corrected chi connectivity index (χ1v) is 6.13. The van der Waals surface area contributed by atoms with Crippen molar-refractivity contribution in [2.24, 2.45) is 0 Å². The summed E-state index contributed by atoms with van der Waals surface area (Å²) in [6.07, 6.45) is 1.81. The van der Waals surface area contributed by atoms with Gasteiger partial charge in [-0.05, 0) is 36.8 Å². The summed E-state index contributed by atoms with van der Waals surface area (Å²) in [4.78, 5) is 5.40. The molecule has 2 nitrogen and oxygen atoms in total. The van der Waals surface area contributed by atoms with E-state index in [-0.39, 0.29) is 0 Å². The lowest BCUT2D eigenvalue weighted by Gasteiger charge is -2.05. The second kappa shape index (κ2) is 5.03. The van der Waals surface area contributed by atoms with Crippen molar-refractivity contribution in [3.05, 3.63) is 53.9 Å². The lowest BCUT2D eigenvalue weighted by atomic mass is 10.2. The number of nitrogens with two attached hydrogens (primary N) is 1. The first kappa shape index (κ1) is 11.0. The van der Waals surface area contributed by atoms with Gasteiger partial charge in [-0.15, -0.1) is 11.8 Å². The zero-order chi connectivity index (χ0) is 11.4. The third kappa shape index (κ3) is 2.76. The van der Waals surface area contributed by atoms with Gasteiger partial charge in [-0.3, -0.25) is 4.98 Å². The lowest BCUT2D eigenvalue weighted by Crippen LogP contribution is -1.90. The summed E-state index contributed by atoms with van der Waals surface area (Å²) in [5.41, 5.74) is 9.06. The van der Waals surface area contributed by atoms with Crippen molar-refractivity contribution in [3.8, 4) is 0 Å². The maximum absolute atomic E-state index is 5.94. The van der Waals surface area contributed by atoms with Gasteiger partial charge in [0.15, 0.2) is 0 Å². The van der Waals surface area contributed by atoms with Crippen LogP contribution in [0.15, 0.2) is 47.5 Å². The molecule has 0 unspecified atom stereocenters. The molecule has 0 aliphatic carbocycles. The summed E-state index contributed by atoms with van der Waals surface area (Å²) >= 11 is 1.72. The lowest BCUT2D eigenvalue weighted by molar-refractivity contribution is 1.17. The van der Waals surface area contributed by atoms with Crippen molar-refractivity contribution in [1.82, 2.24) is 4.98 Å². The van der Waals surface area contributed by atoms with E-state index in [0.717, 1.165) is 22.0 Å². The van der Waals surface area contributed by atoms with Gasteiger partial charge in [0.25, 0.3) is 0 Å².